The molecular weight excluding hydrogens is 386 g/mol. The number of sulfonamides is 1. The fourth-order valence-electron chi connectivity index (χ4n) is 2.66. The molecule has 10 heteroatoms. The highest BCUT2D eigenvalue weighted by Crippen LogP contribution is 2.18. The van der Waals surface area contributed by atoms with Gasteiger partial charge in [0.05, 0.1) is 12.9 Å². The van der Waals surface area contributed by atoms with Crippen LogP contribution in [-0.2, 0) is 31.0 Å². The van der Waals surface area contributed by atoms with E-state index in [9.17, 15) is 18.0 Å². The Morgan fingerprint density at radius 1 is 1.18 bits per heavy atom. The zero-order chi connectivity index (χ0) is 20.9. The van der Waals surface area contributed by atoms with Gasteiger partial charge in [0.15, 0.2) is 0 Å². The number of rotatable bonds is 5. The fraction of sp³-hybridized carbons (Fsp3) is 0.556. The van der Waals surface area contributed by atoms with Crippen molar-refractivity contribution in [3.05, 3.63) is 35.9 Å². The highest BCUT2D eigenvalue weighted by molar-refractivity contribution is 7.88. The Labute approximate surface area is 165 Å². The van der Waals surface area contributed by atoms with Gasteiger partial charge in [-0.15, -0.1) is 0 Å². The summed E-state index contributed by atoms with van der Waals surface area (Å²) in [7, 11) is -3.51. The number of benzene rings is 1. The standard InChI is InChI=1S/C18H27N3O6S/c1-18(2,3)27-17(23)21-11-10-20(28(4,24)25)12-15(21)16(22)19-26-13-14-8-6-5-7-9-14/h5-9,15H,10-13H2,1-4H3,(H,19,22)/t15-/m1/s1. The molecule has 2 amide bonds. The number of piperazine rings is 1. The zero-order valence-corrected chi connectivity index (χ0v) is 17.4. The third kappa shape index (κ3) is 6.47. The van der Waals surface area contributed by atoms with Gasteiger partial charge in [-0.05, 0) is 26.3 Å². The van der Waals surface area contributed by atoms with Crippen LogP contribution in [0.1, 0.15) is 26.3 Å². The minimum Gasteiger partial charge on any atom is -0.444 e. The van der Waals surface area contributed by atoms with Crippen LogP contribution in [-0.4, -0.2) is 67.2 Å². The highest BCUT2D eigenvalue weighted by Gasteiger charge is 2.40. The van der Waals surface area contributed by atoms with Gasteiger partial charge in [0.25, 0.3) is 5.91 Å². The lowest BCUT2D eigenvalue weighted by molar-refractivity contribution is -0.141. The summed E-state index contributed by atoms with van der Waals surface area (Å²) < 4.78 is 30.3. The average Bonchev–Trinajstić information content (AvgIpc) is 2.59. The van der Waals surface area contributed by atoms with Crippen LogP contribution in [0, 0.1) is 0 Å². The molecular formula is C18H27N3O6S. The van der Waals surface area contributed by atoms with Crippen LogP contribution in [0.4, 0.5) is 4.79 Å². The Kier molecular flexibility index (Phi) is 7.02. The molecule has 0 spiro atoms. The summed E-state index contributed by atoms with van der Waals surface area (Å²) in [5.41, 5.74) is 2.43. The van der Waals surface area contributed by atoms with E-state index >= 15 is 0 Å². The van der Waals surface area contributed by atoms with E-state index in [4.69, 9.17) is 9.57 Å². The van der Waals surface area contributed by atoms with Crippen LogP contribution in [0.5, 0.6) is 0 Å². The summed E-state index contributed by atoms with van der Waals surface area (Å²) in [6.45, 7) is 5.26. The molecule has 0 bridgehead atoms. The highest BCUT2D eigenvalue weighted by atomic mass is 32.2. The Hall–Kier alpha value is -2.17. The predicted molar refractivity (Wildman–Crippen MR) is 103 cm³/mol. The number of ether oxygens (including phenoxy) is 1. The first-order valence-corrected chi connectivity index (χ1v) is 10.7. The molecule has 1 saturated heterocycles. The summed E-state index contributed by atoms with van der Waals surface area (Å²) >= 11 is 0. The molecule has 1 fully saturated rings. The first-order valence-electron chi connectivity index (χ1n) is 8.88. The summed E-state index contributed by atoms with van der Waals surface area (Å²) in [6.07, 6.45) is 0.389. The minimum atomic E-state index is -3.51. The third-order valence-electron chi connectivity index (χ3n) is 4.00. The first kappa shape index (κ1) is 22.1. The maximum atomic E-state index is 12.6. The minimum absolute atomic E-state index is 0.0404. The molecule has 1 aliphatic rings. The van der Waals surface area contributed by atoms with Gasteiger partial charge in [-0.2, -0.15) is 4.31 Å². The number of amides is 2. The average molecular weight is 413 g/mol. The fourth-order valence-corrected chi connectivity index (χ4v) is 3.48. The van der Waals surface area contributed by atoms with Gasteiger partial charge in [-0.25, -0.2) is 18.7 Å². The summed E-state index contributed by atoms with van der Waals surface area (Å²) in [5, 5.41) is 0. The Bertz CT molecular complexity index is 791. The largest absolute Gasteiger partial charge is 0.444 e. The van der Waals surface area contributed by atoms with E-state index in [2.05, 4.69) is 5.48 Å². The van der Waals surface area contributed by atoms with E-state index in [-0.39, 0.29) is 26.2 Å². The first-order chi connectivity index (χ1) is 13.0. The van der Waals surface area contributed by atoms with Gasteiger partial charge in [-0.1, -0.05) is 30.3 Å². The van der Waals surface area contributed by atoms with Crippen molar-refractivity contribution < 1.29 is 27.6 Å². The summed E-state index contributed by atoms with van der Waals surface area (Å²) in [6, 6.07) is 8.17. The topological polar surface area (TPSA) is 105 Å². The van der Waals surface area contributed by atoms with Gasteiger partial charge in [0, 0.05) is 19.6 Å². The lowest BCUT2D eigenvalue weighted by Crippen LogP contribution is -2.61. The van der Waals surface area contributed by atoms with E-state index in [1.54, 1.807) is 20.8 Å². The molecule has 0 radical (unpaired) electrons. The van der Waals surface area contributed by atoms with Crippen molar-refractivity contribution in [3.63, 3.8) is 0 Å². The molecule has 1 aromatic rings. The van der Waals surface area contributed by atoms with E-state index in [1.165, 1.54) is 4.90 Å². The number of hydroxylamine groups is 1. The van der Waals surface area contributed by atoms with Crippen molar-refractivity contribution in [2.75, 3.05) is 25.9 Å². The number of hydrogen-bond donors (Lipinski definition) is 1. The smallest absolute Gasteiger partial charge is 0.411 e. The normalized spacial score (nSPS) is 18.6. The number of carbonyl (C=O) groups is 2. The molecule has 1 heterocycles. The number of carbonyl (C=O) groups excluding carboxylic acids is 2. The SMILES string of the molecule is CC(C)(C)OC(=O)N1CCN(S(C)(=O)=O)C[C@@H]1C(=O)NOCc1ccccc1. The lowest BCUT2D eigenvalue weighted by atomic mass is 10.2. The summed E-state index contributed by atoms with van der Waals surface area (Å²) in [5.74, 6) is -0.616. The number of nitrogens with one attached hydrogen (secondary N) is 1. The molecule has 0 aromatic heterocycles. The van der Waals surface area contributed by atoms with Crippen molar-refractivity contribution >= 4 is 22.0 Å². The Morgan fingerprint density at radius 2 is 1.82 bits per heavy atom. The summed E-state index contributed by atoms with van der Waals surface area (Å²) in [4.78, 5) is 31.6. The van der Waals surface area contributed by atoms with Crippen molar-refractivity contribution in [1.82, 2.24) is 14.7 Å². The van der Waals surface area contributed by atoms with Crippen molar-refractivity contribution in [3.8, 4) is 0 Å². The van der Waals surface area contributed by atoms with Gasteiger partial charge < -0.3 is 4.74 Å². The van der Waals surface area contributed by atoms with Crippen molar-refractivity contribution in [2.24, 2.45) is 0 Å². The Balaban J connectivity index is 2.07. The molecule has 9 nitrogen and oxygen atoms in total. The number of hydrogen-bond acceptors (Lipinski definition) is 6. The number of nitrogens with zero attached hydrogens (tertiary/aromatic N) is 2. The molecule has 0 aliphatic carbocycles. The molecule has 28 heavy (non-hydrogen) atoms. The van der Waals surface area contributed by atoms with E-state index < -0.39 is 33.7 Å². The van der Waals surface area contributed by atoms with Crippen LogP contribution in [0.25, 0.3) is 0 Å². The molecule has 1 N–H and O–H groups in total. The van der Waals surface area contributed by atoms with Gasteiger partial charge in [0.2, 0.25) is 10.0 Å². The zero-order valence-electron chi connectivity index (χ0n) is 16.5. The van der Waals surface area contributed by atoms with Crippen LogP contribution < -0.4 is 5.48 Å². The quantitative estimate of drug-likeness (QED) is 0.725. The Morgan fingerprint density at radius 3 is 2.39 bits per heavy atom. The van der Waals surface area contributed by atoms with Crippen LogP contribution in [0.3, 0.4) is 0 Å². The van der Waals surface area contributed by atoms with E-state index in [1.807, 2.05) is 30.3 Å². The van der Waals surface area contributed by atoms with Crippen LogP contribution >= 0.6 is 0 Å². The molecule has 156 valence electrons. The van der Waals surface area contributed by atoms with E-state index in [0.29, 0.717) is 0 Å². The predicted octanol–water partition coefficient (Wildman–Crippen LogP) is 1.12. The second-order valence-electron chi connectivity index (χ2n) is 7.55. The molecule has 0 unspecified atom stereocenters. The molecule has 2 rings (SSSR count). The molecule has 1 aromatic carbocycles. The van der Waals surface area contributed by atoms with Crippen molar-refractivity contribution in [2.45, 2.75) is 39.0 Å². The molecule has 1 atom stereocenters. The maximum Gasteiger partial charge on any atom is 0.411 e. The molecule has 0 saturated carbocycles. The van der Waals surface area contributed by atoms with Gasteiger partial charge in [0.1, 0.15) is 11.6 Å². The van der Waals surface area contributed by atoms with E-state index in [0.717, 1.165) is 16.1 Å². The molecule has 1 aliphatic heterocycles. The van der Waals surface area contributed by atoms with Gasteiger partial charge in [-0.3, -0.25) is 14.5 Å². The monoisotopic (exact) mass is 413 g/mol. The second-order valence-corrected chi connectivity index (χ2v) is 9.53. The third-order valence-corrected chi connectivity index (χ3v) is 5.27. The van der Waals surface area contributed by atoms with Crippen molar-refractivity contribution in [1.29, 1.82) is 0 Å². The second kappa shape index (κ2) is 8.89. The van der Waals surface area contributed by atoms with Crippen LogP contribution in [0.15, 0.2) is 30.3 Å². The lowest BCUT2D eigenvalue weighted by Gasteiger charge is -2.39. The van der Waals surface area contributed by atoms with Gasteiger partial charge >= 0.3 is 6.09 Å². The maximum absolute atomic E-state index is 12.6. The van der Waals surface area contributed by atoms with Crippen LogP contribution in [0.2, 0.25) is 0 Å².